The average Bonchev–Trinajstić information content (AvgIpc) is 2.79. The first-order valence-corrected chi connectivity index (χ1v) is 7.37. The fourth-order valence-electron chi connectivity index (χ4n) is 3.54. The summed E-state index contributed by atoms with van der Waals surface area (Å²) in [4.78, 5) is 14.0. The van der Waals surface area contributed by atoms with Gasteiger partial charge in [-0.05, 0) is 18.9 Å². The Balaban J connectivity index is 2.08. The SMILES string of the molecule is N#CC1c2cccc(C(F)(F)F)c2C(=O)N1C1CCCCC1. The van der Waals surface area contributed by atoms with Gasteiger partial charge in [-0.1, -0.05) is 31.4 Å². The van der Waals surface area contributed by atoms with E-state index < -0.39 is 23.7 Å². The topological polar surface area (TPSA) is 44.1 Å². The van der Waals surface area contributed by atoms with Gasteiger partial charge in [0.1, 0.15) is 6.04 Å². The van der Waals surface area contributed by atoms with Crippen molar-refractivity contribution in [1.29, 1.82) is 5.26 Å². The molecule has 2 aliphatic rings. The first-order valence-electron chi connectivity index (χ1n) is 7.37. The van der Waals surface area contributed by atoms with E-state index in [0.717, 1.165) is 38.2 Å². The largest absolute Gasteiger partial charge is 0.417 e. The van der Waals surface area contributed by atoms with Crippen molar-refractivity contribution in [2.45, 2.75) is 50.4 Å². The molecular formula is C16H15F3N2O. The molecule has 6 heteroatoms. The molecule has 116 valence electrons. The van der Waals surface area contributed by atoms with Crippen LogP contribution in [0.2, 0.25) is 0 Å². The van der Waals surface area contributed by atoms with Gasteiger partial charge in [0.05, 0.1) is 17.2 Å². The van der Waals surface area contributed by atoms with Gasteiger partial charge in [-0.3, -0.25) is 4.79 Å². The molecule has 0 bridgehead atoms. The molecule has 3 nitrogen and oxygen atoms in total. The molecule has 0 saturated heterocycles. The molecule has 22 heavy (non-hydrogen) atoms. The Kier molecular flexibility index (Phi) is 3.59. The Morgan fingerprint density at radius 3 is 2.45 bits per heavy atom. The number of fused-ring (bicyclic) bond motifs is 1. The molecule has 3 rings (SSSR count). The molecule has 0 radical (unpaired) electrons. The Bertz CT molecular complexity index is 642. The van der Waals surface area contributed by atoms with E-state index >= 15 is 0 Å². The number of carbonyl (C=O) groups excluding carboxylic acids is 1. The minimum atomic E-state index is -4.59. The average molecular weight is 308 g/mol. The summed E-state index contributed by atoms with van der Waals surface area (Å²) in [6.45, 7) is 0. The molecule has 1 saturated carbocycles. The van der Waals surface area contributed by atoms with Gasteiger partial charge >= 0.3 is 6.18 Å². The van der Waals surface area contributed by atoms with Crippen LogP contribution in [0.25, 0.3) is 0 Å². The Labute approximate surface area is 126 Å². The molecule has 1 amide bonds. The first-order chi connectivity index (χ1) is 10.4. The number of rotatable bonds is 1. The Morgan fingerprint density at radius 1 is 1.18 bits per heavy atom. The third-order valence-electron chi connectivity index (χ3n) is 4.51. The third kappa shape index (κ3) is 2.25. The van der Waals surface area contributed by atoms with Crippen LogP contribution in [0.1, 0.15) is 59.6 Å². The van der Waals surface area contributed by atoms with Gasteiger partial charge < -0.3 is 4.90 Å². The maximum atomic E-state index is 13.2. The molecule has 1 fully saturated rings. The van der Waals surface area contributed by atoms with Crippen LogP contribution in [-0.4, -0.2) is 16.8 Å². The molecular weight excluding hydrogens is 293 g/mol. The van der Waals surface area contributed by atoms with Crippen LogP contribution in [0, 0.1) is 11.3 Å². The van der Waals surface area contributed by atoms with Crippen LogP contribution >= 0.6 is 0 Å². The number of alkyl halides is 3. The standard InChI is InChI=1S/C16H15F3N2O/c17-16(18,19)12-8-4-7-11-13(9-20)21(15(22)14(11)12)10-5-2-1-3-6-10/h4,7-8,10,13H,1-3,5-6H2. The second kappa shape index (κ2) is 5.31. The number of benzene rings is 1. The van der Waals surface area contributed by atoms with Crippen molar-refractivity contribution in [2.24, 2.45) is 0 Å². The molecule has 1 heterocycles. The predicted octanol–water partition coefficient (Wildman–Crippen LogP) is 4.06. The lowest BCUT2D eigenvalue weighted by Gasteiger charge is -2.33. The zero-order valence-electron chi connectivity index (χ0n) is 11.9. The molecule has 1 aliphatic heterocycles. The maximum absolute atomic E-state index is 13.2. The van der Waals surface area contributed by atoms with Crippen LogP contribution in [0.5, 0.6) is 0 Å². The Hall–Kier alpha value is -2.03. The summed E-state index contributed by atoms with van der Waals surface area (Å²) in [6, 6.07) is 4.60. The summed E-state index contributed by atoms with van der Waals surface area (Å²) in [5.74, 6) is -0.652. The maximum Gasteiger partial charge on any atom is 0.417 e. The van der Waals surface area contributed by atoms with E-state index in [1.807, 2.05) is 6.07 Å². The minimum Gasteiger partial charge on any atom is -0.315 e. The van der Waals surface area contributed by atoms with Crippen molar-refractivity contribution < 1.29 is 18.0 Å². The number of halogens is 3. The summed E-state index contributed by atoms with van der Waals surface area (Å²) >= 11 is 0. The van der Waals surface area contributed by atoms with E-state index in [-0.39, 0.29) is 17.2 Å². The highest BCUT2D eigenvalue weighted by Gasteiger charge is 2.46. The third-order valence-corrected chi connectivity index (χ3v) is 4.51. The van der Waals surface area contributed by atoms with Crippen LogP contribution in [-0.2, 0) is 6.18 Å². The van der Waals surface area contributed by atoms with Gasteiger partial charge in [0.15, 0.2) is 0 Å². The second-order valence-electron chi connectivity index (χ2n) is 5.80. The van der Waals surface area contributed by atoms with E-state index in [0.29, 0.717) is 0 Å². The highest BCUT2D eigenvalue weighted by Crippen LogP contribution is 2.43. The van der Waals surface area contributed by atoms with Gasteiger partial charge in [0.25, 0.3) is 5.91 Å². The normalized spacial score (nSPS) is 22.5. The number of carbonyl (C=O) groups is 1. The summed E-state index contributed by atoms with van der Waals surface area (Å²) in [5.41, 5.74) is -1.09. The van der Waals surface area contributed by atoms with Crippen molar-refractivity contribution in [3.05, 3.63) is 34.9 Å². The van der Waals surface area contributed by atoms with E-state index in [9.17, 15) is 23.2 Å². The molecule has 1 aromatic carbocycles. The minimum absolute atomic E-state index is 0.139. The summed E-state index contributed by atoms with van der Waals surface area (Å²) in [5, 5.41) is 9.40. The molecule has 0 N–H and O–H groups in total. The van der Waals surface area contributed by atoms with E-state index in [4.69, 9.17) is 0 Å². The number of amides is 1. The van der Waals surface area contributed by atoms with Gasteiger partial charge in [-0.15, -0.1) is 0 Å². The van der Waals surface area contributed by atoms with E-state index in [1.165, 1.54) is 17.0 Å². The molecule has 1 aliphatic carbocycles. The lowest BCUT2D eigenvalue weighted by Crippen LogP contribution is -2.39. The number of hydrogen-bond acceptors (Lipinski definition) is 2. The van der Waals surface area contributed by atoms with Crippen molar-refractivity contribution in [3.8, 4) is 6.07 Å². The molecule has 1 aromatic rings. The zero-order valence-corrected chi connectivity index (χ0v) is 11.9. The van der Waals surface area contributed by atoms with Crippen molar-refractivity contribution in [2.75, 3.05) is 0 Å². The molecule has 1 atom stereocenters. The van der Waals surface area contributed by atoms with Crippen molar-refractivity contribution in [3.63, 3.8) is 0 Å². The fraction of sp³-hybridized carbons (Fsp3) is 0.500. The quantitative estimate of drug-likeness (QED) is 0.785. The molecule has 0 spiro atoms. The van der Waals surface area contributed by atoms with Crippen LogP contribution in [0.15, 0.2) is 18.2 Å². The highest BCUT2D eigenvalue weighted by atomic mass is 19.4. The van der Waals surface area contributed by atoms with Gasteiger partial charge in [-0.2, -0.15) is 18.4 Å². The van der Waals surface area contributed by atoms with Crippen molar-refractivity contribution >= 4 is 5.91 Å². The lowest BCUT2D eigenvalue weighted by molar-refractivity contribution is -0.137. The summed E-state index contributed by atoms with van der Waals surface area (Å²) in [6.07, 6.45) is -0.150. The van der Waals surface area contributed by atoms with E-state index in [2.05, 4.69) is 0 Å². The van der Waals surface area contributed by atoms with Crippen molar-refractivity contribution in [1.82, 2.24) is 4.90 Å². The summed E-state index contributed by atoms with van der Waals surface area (Å²) < 4.78 is 39.5. The number of nitrogens with zero attached hydrogens (tertiary/aromatic N) is 2. The van der Waals surface area contributed by atoms with Crippen LogP contribution < -0.4 is 0 Å². The lowest BCUT2D eigenvalue weighted by atomic mass is 9.93. The van der Waals surface area contributed by atoms with Gasteiger partial charge in [-0.25, -0.2) is 0 Å². The molecule has 1 unspecified atom stereocenters. The van der Waals surface area contributed by atoms with Gasteiger partial charge in [0.2, 0.25) is 0 Å². The zero-order chi connectivity index (χ0) is 15.9. The second-order valence-corrected chi connectivity index (χ2v) is 5.80. The number of nitriles is 1. The van der Waals surface area contributed by atoms with Crippen LogP contribution in [0.3, 0.4) is 0 Å². The Morgan fingerprint density at radius 2 is 1.86 bits per heavy atom. The molecule has 0 aromatic heterocycles. The highest BCUT2D eigenvalue weighted by molar-refractivity contribution is 6.01. The smallest absolute Gasteiger partial charge is 0.315 e. The van der Waals surface area contributed by atoms with Crippen LogP contribution in [0.4, 0.5) is 13.2 Å². The fourth-order valence-corrected chi connectivity index (χ4v) is 3.54. The van der Waals surface area contributed by atoms with E-state index in [1.54, 1.807) is 0 Å². The van der Waals surface area contributed by atoms with Gasteiger partial charge in [0, 0.05) is 11.6 Å². The summed E-state index contributed by atoms with van der Waals surface area (Å²) in [7, 11) is 0. The number of hydrogen-bond donors (Lipinski definition) is 0. The predicted molar refractivity (Wildman–Crippen MR) is 72.8 cm³/mol. The first kappa shape index (κ1) is 14.9. The monoisotopic (exact) mass is 308 g/mol.